The lowest BCUT2D eigenvalue weighted by Crippen LogP contribution is -2.64. The van der Waals surface area contributed by atoms with Crippen molar-refractivity contribution in [1.82, 2.24) is 46.7 Å². The van der Waals surface area contributed by atoms with Gasteiger partial charge in [-0.15, -0.1) is 11.8 Å². The Labute approximate surface area is 355 Å². The lowest BCUT2D eigenvalue weighted by atomic mass is 9.95. The Bertz CT molecular complexity index is 2040. The molecule has 11 N–H and O–H groups in total. The molecule has 21 nitrogen and oxygen atoms in total. The van der Waals surface area contributed by atoms with Crippen LogP contribution in [0.3, 0.4) is 0 Å². The molecule has 334 valence electrons. The molecule has 8 amide bonds. The number of thioether (sulfide) groups is 1. The number of nitrogens with zero attached hydrogens (tertiary/aromatic N) is 2. The van der Waals surface area contributed by atoms with Gasteiger partial charge in [-0.1, -0.05) is 32.0 Å². The maximum absolute atomic E-state index is 14.6. The number of aliphatic hydroxyl groups excluding tert-OH is 3. The number of carbonyl (C=O) groups is 8. The number of aliphatic hydroxyl groups is 4. The van der Waals surface area contributed by atoms with Crippen LogP contribution in [0.2, 0.25) is 0 Å². The number of aromatic nitrogens is 1. The van der Waals surface area contributed by atoms with Gasteiger partial charge < -0.3 is 67.1 Å². The van der Waals surface area contributed by atoms with E-state index in [-0.39, 0.29) is 25.1 Å². The SMILES string of the molecule is CC1NC(=O)C2CC(O)CN2C(=O)C2CSc3c([nH]c4ccccc34)CC(NC1=O)C(=O)NC(CC(C)(O)CO)C(=O)NC(C(C)C)C(=O)NC(C(O)C(=O)N(C)C)C(=O)N2. The van der Waals surface area contributed by atoms with Crippen LogP contribution in [-0.4, -0.2) is 176 Å². The summed E-state index contributed by atoms with van der Waals surface area (Å²) >= 11 is 1.06. The second kappa shape index (κ2) is 19.2. The Morgan fingerprint density at radius 2 is 1.52 bits per heavy atom. The number of rotatable bonds is 6. The van der Waals surface area contributed by atoms with Gasteiger partial charge >= 0.3 is 0 Å². The maximum Gasteiger partial charge on any atom is 0.253 e. The van der Waals surface area contributed by atoms with E-state index in [1.165, 1.54) is 27.9 Å². The highest BCUT2D eigenvalue weighted by Gasteiger charge is 2.45. The monoisotopic (exact) mass is 873 g/mol. The quantitative estimate of drug-likeness (QED) is 0.132. The lowest BCUT2D eigenvalue weighted by molar-refractivity contribution is -0.147. The highest BCUT2D eigenvalue weighted by molar-refractivity contribution is 7.99. The summed E-state index contributed by atoms with van der Waals surface area (Å²) in [5.41, 5.74) is -0.981. The van der Waals surface area contributed by atoms with Crippen LogP contribution in [-0.2, 0) is 44.8 Å². The van der Waals surface area contributed by atoms with Gasteiger partial charge in [0.15, 0.2) is 6.10 Å². The molecule has 2 aromatic rings. The lowest BCUT2D eigenvalue weighted by Gasteiger charge is -2.32. The van der Waals surface area contributed by atoms with Gasteiger partial charge in [0, 0.05) is 67.1 Å². The van der Waals surface area contributed by atoms with E-state index >= 15 is 0 Å². The van der Waals surface area contributed by atoms with Crippen molar-refractivity contribution in [2.45, 2.75) is 112 Å². The summed E-state index contributed by atoms with van der Waals surface area (Å²) in [7, 11) is 2.60. The average molecular weight is 874 g/mol. The van der Waals surface area contributed by atoms with Crippen LogP contribution >= 0.6 is 11.8 Å². The average Bonchev–Trinajstić information content (AvgIpc) is 3.77. The molecule has 0 radical (unpaired) electrons. The van der Waals surface area contributed by atoms with Crippen molar-refractivity contribution in [1.29, 1.82) is 0 Å². The number of fused-ring (bicyclic) bond motifs is 5. The number of para-hydroxylation sites is 1. The van der Waals surface area contributed by atoms with Crippen LogP contribution in [0.25, 0.3) is 10.9 Å². The van der Waals surface area contributed by atoms with Crippen molar-refractivity contribution >= 4 is 69.9 Å². The molecule has 0 aliphatic carbocycles. The van der Waals surface area contributed by atoms with Crippen LogP contribution in [0.1, 0.15) is 46.2 Å². The van der Waals surface area contributed by atoms with Crippen molar-refractivity contribution in [3.8, 4) is 0 Å². The number of H-pyrrole nitrogens is 1. The van der Waals surface area contributed by atoms with E-state index in [1.807, 2.05) is 0 Å². The second-order valence-corrected chi connectivity index (χ2v) is 17.6. The summed E-state index contributed by atoms with van der Waals surface area (Å²) in [5.74, 6) is -8.69. The first kappa shape index (κ1) is 46.8. The molecule has 4 heterocycles. The van der Waals surface area contributed by atoms with Crippen LogP contribution in [0.5, 0.6) is 0 Å². The third-order valence-corrected chi connectivity index (χ3v) is 12.1. The Kier molecular flexibility index (Phi) is 14.7. The van der Waals surface area contributed by atoms with E-state index in [9.17, 15) is 58.8 Å². The van der Waals surface area contributed by atoms with Gasteiger partial charge in [-0.2, -0.15) is 0 Å². The highest BCUT2D eigenvalue weighted by atomic mass is 32.2. The number of nitrogens with one attached hydrogen (secondary N) is 7. The maximum atomic E-state index is 14.6. The molecule has 3 aliphatic rings. The predicted octanol–water partition coefficient (Wildman–Crippen LogP) is -4.04. The van der Waals surface area contributed by atoms with Crippen molar-refractivity contribution in [3.05, 3.63) is 30.0 Å². The number of amides is 8. The predicted molar refractivity (Wildman–Crippen MR) is 218 cm³/mol. The minimum absolute atomic E-state index is 0.233. The molecule has 2 bridgehead atoms. The van der Waals surface area contributed by atoms with Crippen LogP contribution in [0.15, 0.2) is 29.2 Å². The minimum Gasteiger partial charge on any atom is -0.393 e. The molecular formula is C39H55N9O12S. The largest absolute Gasteiger partial charge is 0.393 e. The molecule has 61 heavy (non-hydrogen) atoms. The van der Waals surface area contributed by atoms with Gasteiger partial charge in [-0.05, 0) is 25.8 Å². The van der Waals surface area contributed by atoms with Crippen molar-refractivity contribution in [3.63, 3.8) is 0 Å². The van der Waals surface area contributed by atoms with Gasteiger partial charge in [0.2, 0.25) is 41.4 Å². The summed E-state index contributed by atoms with van der Waals surface area (Å²) < 4.78 is 0. The molecule has 5 rings (SSSR count). The minimum atomic E-state index is -2.22. The van der Waals surface area contributed by atoms with E-state index in [4.69, 9.17) is 0 Å². The van der Waals surface area contributed by atoms with Gasteiger partial charge in [0.1, 0.15) is 42.3 Å². The van der Waals surface area contributed by atoms with Gasteiger partial charge in [-0.3, -0.25) is 38.4 Å². The zero-order chi connectivity index (χ0) is 45.1. The Morgan fingerprint density at radius 3 is 2.18 bits per heavy atom. The summed E-state index contributed by atoms with van der Waals surface area (Å²) in [4.78, 5) is 118. The second-order valence-electron chi connectivity index (χ2n) is 16.6. The van der Waals surface area contributed by atoms with Crippen molar-refractivity contribution in [2.75, 3.05) is 33.0 Å². The first-order valence-corrected chi connectivity index (χ1v) is 20.9. The van der Waals surface area contributed by atoms with Crippen molar-refractivity contribution in [2.24, 2.45) is 5.92 Å². The third-order valence-electron chi connectivity index (χ3n) is 10.9. The van der Waals surface area contributed by atoms with Crippen LogP contribution in [0.4, 0.5) is 0 Å². The van der Waals surface area contributed by atoms with E-state index in [1.54, 1.807) is 38.1 Å². The zero-order valence-corrected chi connectivity index (χ0v) is 35.5. The summed E-state index contributed by atoms with van der Waals surface area (Å²) in [5, 5.41) is 58.7. The van der Waals surface area contributed by atoms with Crippen LogP contribution < -0.4 is 31.9 Å². The summed E-state index contributed by atoms with van der Waals surface area (Å²) in [6.07, 6.45) is -4.48. The molecule has 1 aromatic carbocycles. The van der Waals surface area contributed by atoms with Crippen LogP contribution in [0, 0.1) is 5.92 Å². The Hall–Kier alpha value is -5.29. The zero-order valence-electron chi connectivity index (χ0n) is 34.7. The molecule has 1 fully saturated rings. The molecule has 3 aliphatic heterocycles. The molecule has 10 atom stereocenters. The molecule has 0 spiro atoms. The number of aromatic amines is 1. The third kappa shape index (κ3) is 10.8. The first-order chi connectivity index (χ1) is 28.6. The van der Waals surface area contributed by atoms with Gasteiger partial charge in [0.05, 0.1) is 18.3 Å². The fourth-order valence-corrected chi connectivity index (χ4v) is 8.59. The molecule has 1 saturated heterocycles. The fraction of sp³-hybridized carbons (Fsp3) is 0.590. The molecule has 1 aromatic heterocycles. The smallest absolute Gasteiger partial charge is 0.253 e. The van der Waals surface area contributed by atoms with Gasteiger partial charge in [0.25, 0.3) is 5.91 Å². The van der Waals surface area contributed by atoms with E-state index in [2.05, 4.69) is 36.9 Å². The fourth-order valence-electron chi connectivity index (χ4n) is 7.39. The molecule has 22 heteroatoms. The standard InChI is InChI=1S/C39H55N9O12S/c1-17(2)27-35(56)46-28(29(51)38(59)47(5)6)36(57)44-25-15-61-30-20-9-7-8-10-21(20)41-22(30)12-23(32(53)43-24(33(54)45-27)13-39(4,60)16-49)42-31(52)18(3)40-34(55)26-11-19(50)14-48(26)37(25)58/h7-10,17-19,23-29,41,49-51,60H,11-16H2,1-6H3,(H,40,55)(H,42,52)(H,43,53)(H,44,57)(H,45,54)(H,46,56). The van der Waals surface area contributed by atoms with Gasteiger partial charge in [-0.25, -0.2) is 0 Å². The number of hydrogen-bond acceptors (Lipinski definition) is 13. The number of carbonyl (C=O) groups excluding carboxylic acids is 8. The van der Waals surface area contributed by atoms with Crippen molar-refractivity contribution < 1.29 is 58.8 Å². The van der Waals surface area contributed by atoms with E-state index < -0.39 is 126 Å². The normalized spacial score (nSPS) is 28.9. The Morgan fingerprint density at radius 1 is 0.885 bits per heavy atom. The number of benzene rings is 1. The first-order valence-electron chi connectivity index (χ1n) is 19.9. The molecule has 0 saturated carbocycles. The summed E-state index contributed by atoms with van der Waals surface area (Å²) in [6, 6.07) is -3.88. The molecular weight excluding hydrogens is 819 g/mol. The Balaban J connectivity index is 1.74. The number of likely N-dealkylation sites (N-methyl/N-ethyl adjacent to an activating group) is 1. The summed E-state index contributed by atoms with van der Waals surface area (Å²) in [6.45, 7) is 4.45. The molecule has 10 unspecified atom stereocenters. The number of hydrogen-bond donors (Lipinski definition) is 11. The van der Waals surface area contributed by atoms with E-state index in [0.29, 0.717) is 21.5 Å². The topological polar surface area (TPSA) is 312 Å². The van der Waals surface area contributed by atoms with E-state index in [0.717, 1.165) is 21.6 Å². The highest BCUT2D eigenvalue weighted by Crippen LogP contribution is 2.34.